The summed E-state index contributed by atoms with van der Waals surface area (Å²) in [6.07, 6.45) is 0. The van der Waals surface area contributed by atoms with E-state index in [0.717, 1.165) is 4.90 Å². The fourth-order valence-corrected chi connectivity index (χ4v) is 8.85. The molecule has 9 nitrogen and oxygen atoms in total. The van der Waals surface area contributed by atoms with Gasteiger partial charge in [-0.1, -0.05) is 91.0 Å². The average molecular weight is 677 g/mol. The predicted molar refractivity (Wildman–Crippen MR) is 191 cm³/mol. The number of nitro groups is 1. The van der Waals surface area contributed by atoms with E-state index < -0.39 is 39.4 Å². The smallest absolute Gasteiger partial charge is 0.293 e. The minimum absolute atomic E-state index is 0.120. The Bertz CT molecular complexity index is 2160. The van der Waals surface area contributed by atoms with Gasteiger partial charge >= 0.3 is 0 Å². The molecule has 2 amide bonds. The first-order valence-electron chi connectivity index (χ1n) is 16.5. The predicted octanol–water partition coefficient (Wildman–Crippen LogP) is 7.11. The van der Waals surface area contributed by atoms with Crippen LogP contribution < -0.4 is 14.4 Å². The molecule has 5 aromatic carbocycles. The van der Waals surface area contributed by atoms with Crippen LogP contribution >= 0.6 is 0 Å². The second-order valence-corrected chi connectivity index (χ2v) is 13.1. The van der Waals surface area contributed by atoms with E-state index in [0.29, 0.717) is 50.5 Å². The van der Waals surface area contributed by atoms with Crippen molar-refractivity contribution in [1.82, 2.24) is 0 Å². The third-order valence-corrected chi connectivity index (χ3v) is 10.8. The summed E-state index contributed by atoms with van der Waals surface area (Å²) in [6.45, 7) is 1.71. The molecular formula is C42H32N2O7. The number of hydrogen-bond donors (Lipinski definition) is 0. The number of carbonyl (C=O) groups is 3. The van der Waals surface area contributed by atoms with Crippen molar-refractivity contribution in [3.05, 3.63) is 165 Å². The van der Waals surface area contributed by atoms with Crippen molar-refractivity contribution < 1.29 is 28.8 Å². The lowest BCUT2D eigenvalue weighted by Crippen LogP contribution is -2.45. The van der Waals surface area contributed by atoms with Gasteiger partial charge in [-0.25, -0.2) is 4.90 Å². The maximum atomic E-state index is 16.1. The summed E-state index contributed by atoms with van der Waals surface area (Å²) >= 11 is 0. The highest BCUT2D eigenvalue weighted by molar-refractivity contribution is 6.39. The number of benzene rings is 5. The number of fused-ring (bicyclic) bond motifs is 5. The molecule has 8 rings (SSSR count). The summed E-state index contributed by atoms with van der Waals surface area (Å²) in [5, 5.41) is 12.4. The molecule has 2 fully saturated rings. The molecule has 252 valence electrons. The van der Waals surface area contributed by atoms with Gasteiger partial charge in [0.05, 0.1) is 41.8 Å². The van der Waals surface area contributed by atoms with Gasteiger partial charge in [-0.3, -0.25) is 24.5 Å². The molecular weight excluding hydrogens is 644 g/mol. The van der Waals surface area contributed by atoms with Crippen LogP contribution in [0.1, 0.15) is 27.8 Å². The molecule has 0 aromatic heterocycles. The molecule has 3 aliphatic rings. The van der Waals surface area contributed by atoms with Crippen molar-refractivity contribution in [3.8, 4) is 11.5 Å². The molecule has 51 heavy (non-hydrogen) atoms. The van der Waals surface area contributed by atoms with E-state index in [-0.39, 0.29) is 17.2 Å². The number of rotatable bonds is 8. The lowest BCUT2D eigenvalue weighted by Gasteiger charge is -2.39. The fraction of sp³-hybridized carbons (Fsp3) is 0.167. The molecule has 1 aliphatic heterocycles. The Hall–Kier alpha value is -6.35. The molecule has 9 heteroatoms. The fourth-order valence-electron chi connectivity index (χ4n) is 8.85. The average Bonchev–Trinajstić information content (AvgIpc) is 3.67. The lowest BCUT2D eigenvalue weighted by molar-refractivity contribution is -0.384. The van der Waals surface area contributed by atoms with Crippen LogP contribution in [0, 0.1) is 28.9 Å². The number of Topliss-reactive ketones (excluding diaryl/α,β-unsaturated/α-hetero) is 1. The topological polar surface area (TPSA) is 116 Å². The zero-order valence-corrected chi connectivity index (χ0v) is 28.0. The van der Waals surface area contributed by atoms with Crippen LogP contribution in [-0.4, -0.2) is 36.7 Å². The Kier molecular flexibility index (Phi) is 7.27. The van der Waals surface area contributed by atoms with Crippen LogP contribution in [0.4, 0.5) is 11.4 Å². The van der Waals surface area contributed by atoms with Gasteiger partial charge in [0.2, 0.25) is 11.8 Å². The van der Waals surface area contributed by atoms with Crippen molar-refractivity contribution >= 4 is 40.1 Å². The first kappa shape index (κ1) is 31.9. The summed E-state index contributed by atoms with van der Waals surface area (Å²) in [5.74, 6) is -2.85. The maximum absolute atomic E-state index is 16.1. The second kappa shape index (κ2) is 11.6. The molecule has 1 heterocycles. The summed E-state index contributed by atoms with van der Waals surface area (Å²) < 4.78 is 11.0. The second-order valence-electron chi connectivity index (χ2n) is 13.1. The van der Waals surface area contributed by atoms with Gasteiger partial charge in [-0.15, -0.1) is 0 Å². The van der Waals surface area contributed by atoms with Crippen molar-refractivity contribution in [2.45, 2.75) is 17.8 Å². The Balaban J connectivity index is 1.54. The van der Waals surface area contributed by atoms with Gasteiger partial charge in [0.25, 0.3) is 5.69 Å². The Morgan fingerprint density at radius 3 is 1.45 bits per heavy atom. The molecule has 1 saturated carbocycles. The van der Waals surface area contributed by atoms with Gasteiger partial charge in [0.1, 0.15) is 17.2 Å². The Labute approximate surface area is 293 Å². The molecule has 0 spiro atoms. The molecule has 2 bridgehead atoms. The summed E-state index contributed by atoms with van der Waals surface area (Å²) in [4.78, 5) is 59.3. The molecule has 4 atom stereocenters. The molecule has 2 aliphatic carbocycles. The quantitative estimate of drug-likeness (QED) is 0.0977. The Morgan fingerprint density at radius 1 is 0.627 bits per heavy atom. The molecule has 0 radical (unpaired) electrons. The van der Waals surface area contributed by atoms with Gasteiger partial charge in [-0.05, 0) is 76.2 Å². The number of anilines is 1. The minimum Gasteiger partial charge on any atom is -0.497 e. The highest BCUT2D eigenvalue weighted by atomic mass is 16.6. The zero-order chi connectivity index (χ0) is 35.7. The summed E-state index contributed by atoms with van der Waals surface area (Å²) in [5.41, 5.74) is 0.450. The number of aryl methyl sites for hydroxylation is 1. The number of nitro benzene ring substituents is 1. The number of ketones is 1. The van der Waals surface area contributed by atoms with Crippen LogP contribution in [0.3, 0.4) is 0 Å². The first-order valence-corrected chi connectivity index (χ1v) is 16.5. The summed E-state index contributed by atoms with van der Waals surface area (Å²) in [6, 6.07) is 37.4. The van der Waals surface area contributed by atoms with Crippen LogP contribution in [0.15, 0.2) is 127 Å². The van der Waals surface area contributed by atoms with E-state index in [1.807, 2.05) is 84.9 Å². The van der Waals surface area contributed by atoms with E-state index >= 15 is 14.4 Å². The van der Waals surface area contributed by atoms with Crippen molar-refractivity contribution in [2.75, 3.05) is 19.1 Å². The first-order chi connectivity index (χ1) is 24.7. The number of allylic oxidation sites excluding steroid dienone is 2. The summed E-state index contributed by atoms with van der Waals surface area (Å²) in [7, 11) is 3.14. The highest BCUT2D eigenvalue weighted by Gasteiger charge is 2.83. The van der Waals surface area contributed by atoms with Crippen molar-refractivity contribution in [1.29, 1.82) is 0 Å². The molecule has 1 saturated heterocycles. The maximum Gasteiger partial charge on any atom is 0.293 e. The minimum atomic E-state index is -1.66. The van der Waals surface area contributed by atoms with Gasteiger partial charge < -0.3 is 9.47 Å². The van der Waals surface area contributed by atoms with E-state index in [9.17, 15) is 10.1 Å². The van der Waals surface area contributed by atoms with Crippen molar-refractivity contribution in [3.63, 3.8) is 0 Å². The van der Waals surface area contributed by atoms with Crippen LogP contribution in [0.2, 0.25) is 0 Å². The van der Waals surface area contributed by atoms with E-state index in [2.05, 4.69) is 0 Å². The standard InChI is InChI=1S/C42H32N2O7/c1-25-14-23-32(33(24-25)44(48)49)43-38(45)36-37(39(43)46)42(29-12-8-5-9-13-29)35(27-17-21-31(51-3)22-18-27)34(26-15-19-30(50-2)20-16-26)41(36,40(42)47)28-10-6-4-7-11-28/h4-24,36-37H,1-3H3/t36-,37-,41-,42-/m0/s1. The normalized spacial score (nSPS) is 23.5. The number of ether oxygens (including phenoxy) is 2. The largest absolute Gasteiger partial charge is 0.497 e. The Morgan fingerprint density at radius 2 is 1.06 bits per heavy atom. The van der Waals surface area contributed by atoms with Gasteiger partial charge in [0.15, 0.2) is 5.78 Å². The number of methoxy groups -OCH3 is 2. The molecule has 0 unspecified atom stereocenters. The highest BCUT2D eigenvalue weighted by Crippen LogP contribution is 2.74. The van der Waals surface area contributed by atoms with E-state index in [1.165, 1.54) is 12.1 Å². The van der Waals surface area contributed by atoms with Gasteiger partial charge in [0, 0.05) is 6.07 Å². The molecule has 5 aromatic rings. The number of nitrogens with zero attached hydrogens (tertiary/aromatic N) is 2. The SMILES string of the molecule is COc1ccc(C2=C(c3ccc(OC)cc3)[C@]3(c4ccccc4)C(=O)[C@]2(c2ccccc2)[C@@H]2C(=O)N(c4ccc(C)cc4[N+](=O)[O-])C(=O)[C@H]23)cc1. The molecule has 0 N–H and O–H groups in total. The number of hydrogen-bond acceptors (Lipinski definition) is 7. The van der Waals surface area contributed by atoms with Gasteiger partial charge in [-0.2, -0.15) is 0 Å². The number of imide groups is 1. The van der Waals surface area contributed by atoms with Crippen LogP contribution in [0.5, 0.6) is 11.5 Å². The lowest BCUT2D eigenvalue weighted by atomic mass is 9.59. The third kappa shape index (κ3) is 4.18. The van der Waals surface area contributed by atoms with Crippen LogP contribution in [-0.2, 0) is 25.2 Å². The van der Waals surface area contributed by atoms with Crippen molar-refractivity contribution in [2.24, 2.45) is 11.8 Å². The third-order valence-electron chi connectivity index (χ3n) is 10.8. The van der Waals surface area contributed by atoms with Crippen LogP contribution in [0.25, 0.3) is 11.1 Å². The van der Waals surface area contributed by atoms with E-state index in [4.69, 9.17) is 9.47 Å². The number of amides is 2. The zero-order valence-electron chi connectivity index (χ0n) is 28.0. The van der Waals surface area contributed by atoms with E-state index in [1.54, 1.807) is 51.5 Å². The number of carbonyl (C=O) groups excluding carboxylic acids is 3. The monoisotopic (exact) mass is 676 g/mol.